The first kappa shape index (κ1) is 19.7. The van der Waals surface area contributed by atoms with Gasteiger partial charge in [-0.05, 0) is 11.6 Å². The highest BCUT2D eigenvalue weighted by Crippen LogP contribution is 2.30. The fraction of sp³-hybridized carbons (Fsp3) is 0.500. The molecule has 1 aromatic carbocycles. The lowest BCUT2D eigenvalue weighted by atomic mass is 9.85. The molecule has 0 aromatic heterocycles. The molecule has 0 unspecified atom stereocenters. The second-order valence-electron chi connectivity index (χ2n) is 4.98. The second kappa shape index (κ2) is 9.57. The zero-order chi connectivity index (χ0) is 14.3. The number of rotatable bonds is 6. The van der Waals surface area contributed by atoms with Crippen LogP contribution in [0.3, 0.4) is 0 Å². The minimum atomic E-state index is -0.0757. The Morgan fingerprint density at radius 3 is 2.65 bits per heavy atom. The van der Waals surface area contributed by atoms with Gasteiger partial charge in [0.2, 0.25) is 0 Å². The van der Waals surface area contributed by atoms with Crippen molar-refractivity contribution >= 4 is 45.9 Å². The van der Waals surface area contributed by atoms with Crippen molar-refractivity contribution in [3.05, 3.63) is 34.3 Å². The van der Waals surface area contributed by atoms with Crippen LogP contribution in [-0.2, 0) is 10.2 Å². The number of hydrogen-bond acceptors (Lipinski definition) is 2. The van der Waals surface area contributed by atoms with Gasteiger partial charge >= 0.3 is 0 Å². The molecule has 0 spiro atoms. The number of methoxy groups -OCH3 is 1. The molecule has 0 aliphatic rings. The number of ether oxygens (including phenoxy) is 1. The van der Waals surface area contributed by atoms with Crippen LogP contribution in [-0.4, -0.2) is 32.8 Å². The van der Waals surface area contributed by atoms with Gasteiger partial charge in [-0.1, -0.05) is 48.0 Å². The lowest BCUT2D eigenvalue weighted by molar-refractivity contribution is 0.204. The fourth-order valence-corrected chi connectivity index (χ4v) is 2.54. The molecular weight excluding hydrogens is 433 g/mol. The molecular formula is C14H23BrIN3O. The minimum absolute atomic E-state index is 0. The lowest BCUT2D eigenvalue weighted by Crippen LogP contribution is -2.35. The van der Waals surface area contributed by atoms with Crippen molar-refractivity contribution in [1.29, 1.82) is 0 Å². The van der Waals surface area contributed by atoms with Gasteiger partial charge in [0.05, 0.1) is 13.2 Å². The van der Waals surface area contributed by atoms with Crippen LogP contribution in [0.25, 0.3) is 0 Å². The summed E-state index contributed by atoms with van der Waals surface area (Å²) in [6, 6.07) is 8.19. The van der Waals surface area contributed by atoms with Crippen molar-refractivity contribution in [3.63, 3.8) is 0 Å². The standard InChI is InChI=1S/C14H22BrN3O.HI/c1-14(2,11-6-4-5-7-12(11)15)10-18-13(16)17-8-9-19-3;/h4-7H,8-10H2,1-3H3,(H3,16,17,18);1H. The van der Waals surface area contributed by atoms with Crippen molar-refractivity contribution in [2.45, 2.75) is 19.3 Å². The van der Waals surface area contributed by atoms with Crippen LogP contribution < -0.4 is 11.1 Å². The Morgan fingerprint density at radius 1 is 1.40 bits per heavy atom. The highest BCUT2D eigenvalue weighted by atomic mass is 127. The summed E-state index contributed by atoms with van der Waals surface area (Å²) in [6.07, 6.45) is 0. The summed E-state index contributed by atoms with van der Waals surface area (Å²) >= 11 is 3.58. The van der Waals surface area contributed by atoms with Gasteiger partial charge in [-0.3, -0.25) is 4.99 Å². The molecule has 0 aliphatic carbocycles. The summed E-state index contributed by atoms with van der Waals surface area (Å²) in [5, 5.41) is 3.01. The molecule has 0 heterocycles. The topological polar surface area (TPSA) is 59.6 Å². The SMILES string of the molecule is COCCNC(N)=NCC(C)(C)c1ccccc1Br.I. The number of aliphatic imine (C=N–C) groups is 1. The van der Waals surface area contributed by atoms with E-state index in [4.69, 9.17) is 10.5 Å². The van der Waals surface area contributed by atoms with Gasteiger partial charge in [-0.15, -0.1) is 24.0 Å². The Labute approximate surface area is 146 Å². The van der Waals surface area contributed by atoms with E-state index >= 15 is 0 Å². The third-order valence-electron chi connectivity index (χ3n) is 2.86. The Balaban J connectivity index is 0.00000361. The average molecular weight is 456 g/mol. The molecule has 0 bridgehead atoms. The van der Waals surface area contributed by atoms with Gasteiger partial charge < -0.3 is 15.8 Å². The first-order valence-electron chi connectivity index (χ1n) is 6.25. The van der Waals surface area contributed by atoms with Crippen molar-refractivity contribution in [2.75, 3.05) is 26.8 Å². The summed E-state index contributed by atoms with van der Waals surface area (Å²) < 4.78 is 6.04. The van der Waals surface area contributed by atoms with Crippen LogP contribution >= 0.6 is 39.9 Å². The molecule has 0 radical (unpaired) electrons. The lowest BCUT2D eigenvalue weighted by Gasteiger charge is -2.24. The van der Waals surface area contributed by atoms with E-state index < -0.39 is 0 Å². The van der Waals surface area contributed by atoms with E-state index in [1.165, 1.54) is 5.56 Å². The smallest absolute Gasteiger partial charge is 0.188 e. The second-order valence-corrected chi connectivity index (χ2v) is 5.84. The number of halogens is 2. The van der Waals surface area contributed by atoms with Gasteiger partial charge in [0.1, 0.15) is 0 Å². The van der Waals surface area contributed by atoms with E-state index in [0.29, 0.717) is 25.7 Å². The highest BCUT2D eigenvalue weighted by molar-refractivity contribution is 14.0. The van der Waals surface area contributed by atoms with Crippen LogP contribution in [0.2, 0.25) is 0 Å². The van der Waals surface area contributed by atoms with E-state index in [1.54, 1.807) is 7.11 Å². The van der Waals surface area contributed by atoms with Crippen LogP contribution in [0.15, 0.2) is 33.7 Å². The number of benzene rings is 1. The molecule has 4 nitrogen and oxygen atoms in total. The zero-order valence-electron chi connectivity index (χ0n) is 12.1. The highest BCUT2D eigenvalue weighted by Gasteiger charge is 2.22. The van der Waals surface area contributed by atoms with Gasteiger partial charge in [-0.25, -0.2) is 0 Å². The number of guanidine groups is 1. The fourth-order valence-electron chi connectivity index (χ4n) is 1.72. The van der Waals surface area contributed by atoms with Crippen molar-refractivity contribution in [2.24, 2.45) is 10.7 Å². The molecule has 114 valence electrons. The predicted octanol–water partition coefficient (Wildman–Crippen LogP) is 2.90. The van der Waals surface area contributed by atoms with Crippen LogP contribution in [0.4, 0.5) is 0 Å². The zero-order valence-corrected chi connectivity index (χ0v) is 16.1. The monoisotopic (exact) mass is 455 g/mol. The third kappa shape index (κ3) is 6.41. The largest absolute Gasteiger partial charge is 0.383 e. The Bertz CT molecular complexity index is 438. The van der Waals surface area contributed by atoms with E-state index in [9.17, 15) is 0 Å². The van der Waals surface area contributed by atoms with Crippen molar-refractivity contribution in [1.82, 2.24) is 5.32 Å². The molecule has 0 fully saturated rings. The Kier molecular flexibility index (Phi) is 9.41. The molecule has 0 aliphatic heterocycles. The number of nitrogens with two attached hydrogens (primary N) is 1. The Morgan fingerprint density at radius 2 is 2.05 bits per heavy atom. The maximum absolute atomic E-state index is 5.81. The number of nitrogens with zero attached hydrogens (tertiary/aromatic N) is 1. The predicted molar refractivity (Wildman–Crippen MR) is 99.0 cm³/mol. The van der Waals surface area contributed by atoms with Gasteiger partial charge in [0.25, 0.3) is 0 Å². The van der Waals surface area contributed by atoms with Crippen LogP contribution in [0.5, 0.6) is 0 Å². The Hall–Kier alpha value is -0.340. The third-order valence-corrected chi connectivity index (χ3v) is 3.55. The number of hydrogen-bond donors (Lipinski definition) is 2. The normalized spacial score (nSPS) is 11.9. The molecule has 20 heavy (non-hydrogen) atoms. The summed E-state index contributed by atoms with van der Waals surface area (Å²) in [5.41, 5.74) is 6.96. The summed E-state index contributed by atoms with van der Waals surface area (Å²) in [6.45, 7) is 6.21. The molecule has 1 aromatic rings. The summed E-state index contributed by atoms with van der Waals surface area (Å²) in [5.74, 6) is 0.456. The molecule has 1 rings (SSSR count). The first-order valence-corrected chi connectivity index (χ1v) is 7.04. The average Bonchev–Trinajstić information content (AvgIpc) is 2.37. The maximum atomic E-state index is 5.81. The van der Waals surface area contributed by atoms with E-state index in [-0.39, 0.29) is 29.4 Å². The van der Waals surface area contributed by atoms with E-state index in [1.807, 2.05) is 18.2 Å². The summed E-state index contributed by atoms with van der Waals surface area (Å²) in [4.78, 5) is 4.39. The molecule has 0 atom stereocenters. The van der Waals surface area contributed by atoms with Gasteiger partial charge in [0, 0.05) is 23.5 Å². The van der Waals surface area contributed by atoms with Gasteiger partial charge in [-0.2, -0.15) is 0 Å². The molecule has 0 amide bonds. The molecule has 0 saturated carbocycles. The maximum Gasteiger partial charge on any atom is 0.188 e. The molecule has 0 saturated heterocycles. The quantitative estimate of drug-likeness (QED) is 0.300. The molecule has 6 heteroatoms. The minimum Gasteiger partial charge on any atom is -0.383 e. The van der Waals surface area contributed by atoms with Crippen molar-refractivity contribution < 1.29 is 4.74 Å². The van der Waals surface area contributed by atoms with E-state index in [0.717, 1.165) is 4.47 Å². The number of nitrogens with one attached hydrogen (secondary N) is 1. The molecule has 3 N–H and O–H groups in total. The van der Waals surface area contributed by atoms with Crippen LogP contribution in [0, 0.1) is 0 Å². The van der Waals surface area contributed by atoms with Crippen LogP contribution in [0.1, 0.15) is 19.4 Å². The first-order chi connectivity index (χ1) is 8.97. The summed E-state index contributed by atoms with van der Waals surface area (Å²) in [7, 11) is 1.66. The van der Waals surface area contributed by atoms with E-state index in [2.05, 4.69) is 46.2 Å². The van der Waals surface area contributed by atoms with Crippen molar-refractivity contribution in [3.8, 4) is 0 Å². The van der Waals surface area contributed by atoms with Gasteiger partial charge in [0.15, 0.2) is 5.96 Å².